The largest absolute Gasteiger partial charge is 0.370 e. The number of halogens is 2. The van der Waals surface area contributed by atoms with Crippen LogP contribution in [0.2, 0.25) is 10.0 Å². The van der Waals surface area contributed by atoms with Crippen LogP contribution in [-0.2, 0) is 4.79 Å². The van der Waals surface area contributed by atoms with Crippen LogP contribution in [0.4, 0.5) is 11.4 Å². The summed E-state index contributed by atoms with van der Waals surface area (Å²) in [5.74, 6) is -0.0957. The van der Waals surface area contributed by atoms with Gasteiger partial charge < -0.3 is 10.6 Å². The van der Waals surface area contributed by atoms with Crippen molar-refractivity contribution in [2.75, 3.05) is 10.6 Å². The second kappa shape index (κ2) is 5.00. The molecule has 2 aromatic carbocycles. The van der Waals surface area contributed by atoms with Crippen molar-refractivity contribution in [3.05, 3.63) is 57.6 Å². The van der Waals surface area contributed by atoms with Crippen LogP contribution < -0.4 is 10.6 Å². The summed E-state index contributed by atoms with van der Waals surface area (Å²) in [5, 5.41) is 7.34. The van der Waals surface area contributed by atoms with E-state index < -0.39 is 6.04 Å². The second-order valence-electron chi connectivity index (χ2n) is 4.71. The number of carbonyl (C=O) groups excluding carboxylic acids is 1. The van der Waals surface area contributed by atoms with E-state index in [1.807, 2.05) is 31.2 Å². The lowest BCUT2D eigenvalue weighted by Gasteiger charge is -2.16. The summed E-state index contributed by atoms with van der Waals surface area (Å²) in [6.45, 7) is 1.91. The molecule has 0 aromatic heterocycles. The van der Waals surface area contributed by atoms with Crippen molar-refractivity contribution in [3.63, 3.8) is 0 Å². The number of carbonyl (C=O) groups is 1. The first-order valence-electron chi connectivity index (χ1n) is 6.18. The Labute approximate surface area is 126 Å². The molecule has 1 unspecified atom stereocenters. The Kier molecular flexibility index (Phi) is 3.32. The van der Waals surface area contributed by atoms with Crippen LogP contribution in [0.5, 0.6) is 0 Å². The van der Waals surface area contributed by atoms with Gasteiger partial charge in [-0.25, -0.2) is 0 Å². The Morgan fingerprint density at radius 3 is 2.80 bits per heavy atom. The number of hydrogen-bond donors (Lipinski definition) is 2. The van der Waals surface area contributed by atoms with Crippen LogP contribution >= 0.6 is 23.2 Å². The van der Waals surface area contributed by atoms with Crippen molar-refractivity contribution in [2.45, 2.75) is 13.0 Å². The first-order valence-corrected chi connectivity index (χ1v) is 6.94. The third-order valence-electron chi connectivity index (χ3n) is 3.41. The van der Waals surface area contributed by atoms with Crippen LogP contribution in [-0.4, -0.2) is 5.91 Å². The molecule has 1 heterocycles. The predicted octanol–water partition coefficient (Wildman–Crippen LogP) is 4.41. The van der Waals surface area contributed by atoms with E-state index >= 15 is 0 Å². The maximum absolute atomic E-state index is 12.1. The van der Waals surface area contributed by atoms with Gasteiger partial charge in [0.05, 0.1) is 0 Å². The Morgan fingerprint density at radius 2 is 2.00 bits per heavy atom. The molecular formula is C15H12Cl2N2O. The molecular weight excluding hydrogens is 295 g/mol. The van der Waals surface area contributed by atoms with Gasteiger partial charge in [0.25, 0.3) is 5.91 Å². The third kappa shape index (κ3) is 2.23. The maximum atomic E-state index is 12.1. The molecule has 0 fully saturated rings. The molecule has 1 atom stereocenters. The highest BCUT2D eigenvalue weighted by Gasteiger charge is 2.30. The zero-order valence-electron chi connectivity index (χ0n) is 10.7. The fourth-order valence-electron chi connectivity index (χ4n) is 2.30. The maximum Gasteiger partial charge on any atom is 0.251 e. The standard InChI is InChI=1S/C15H12Cl2N2O/c1-8-11(17)3-2-4-12(8)18-14-10-7-9(16)5-6-13(10)19-15(14)20/h2-7,14,18H,1H3,(H,19,20). The van der Waals surface area contributed by atoms with Crippen molar-refractivity contribution in [2.24, 2.45) is 0 Å². The summed E-state index contributed by atoms with van der Waals surface area (Å²) >= 11 is 12.1. The van der Waals surface area contributed by atoms with Crippen molar-refractivity contribution >= 4 is 40.5 Å². The Bertz CT molecular complexity index is 700. The molecule has 0 aliphatic carbocycles. The smallest absolute Gasteiger partial charge is 0.251 e. The van der Waals surface area contributed by atoms with Crippen molar-refractivity contribution in [3.8, 4) is 0 Å². The van der Waals surface area contributed by atoms with Gasteiger partial charge in [0.15, 0.2) is 0 Å². The highest BCUT2D eigenvalue weighted by atomic mass is 35.5. The Morgan fingerprint density at radius 1 is 1.20 bits per heavy atom. The molecule has 2 N–H and O–H groups in total. The average Bonchev–Trinajstić information content (AvgIpc) is 2.71. The van der Waals surface area contributed by atoms with E-state index in [-0.39, 0.29) is 5.91 Å². The van der Waals surface area contributed by atoms with Gasteiger partial charge in [0, 0.05) is 27.0 Å². The number of fused-ring (bicyclic) bond motifs is 1. The summed E-state index contributed by atoms with van der Waals surface area (Å²) in [6, 6.07) is 10.5. The lowest BCUT2D eigenvalue weighted by molar-refractivity contribution is -0.116. The molecule has 0 spiro atoms. The number of rotatable bonds is 2. The van der Waals surface area contributed by atoms with E-state index in [0.717, 1.165) is 22.5 Å². The summed E-state index contributed by atoms with van der Waals surface area (Å²) in [6.07, 6.45) is 0. The quantitative estimate of drug-likeness (QED) is 0.863. The van der Waals surface area contributed by atoms with Crippen LogP contribution in [0, 0.1) is 6.92 Å². The van der Waals surface area contributed by atoms with Gasteiger partial charge in [-0.15, -0.1) is 0 Å². The lowest BCUT2D eigenvalue weighted by Crippen LogP contribution is -2.20. The number of nitrogens with one attached hydrogen (secondary N) is 2. The molecule has 2 aromatic rings. The van der Waals surface area contributed by atoms with E-state index in [9.17, 15) is 4.79 Å². The molecule has 0 saturated heterocycles. The van der Waals surface area contributed by atoms with Crippen LogP contribution in [0.25, 0.3) is 0 Å². The summed E-state index contributed by atoms with van der Waals surface area (Å²) in [5.41, 5.74) is 3.39. The average molecular weight is 307 g/mol. The minimum absolute atomic E-state index is 0.0957. The van der Waals surface area contributed by atoms with Gasteiger partial charge in [-0.1, -0.05) is 29.3 Å². The van der Waals surface area contributed by atoms with E-state index in [1.54, 1.807) is 12.1 Å². The van der Waals surface area contributed by atoms with Gasteiger partial charge in [0.1, 0.15) is 6.04 Å². The number of benzene rings is 2. The molecule has 102 valence electrons. The molecule has 3 nitrogen and oxygen atoms in total. The monoisotopic (exact) mass is 306 g/mol. The molecule has 1 amide bonds. The van der Waals surface area contributed by atoms with Gasteiger partial charge in [0.2, 0.25) is 0 Å². The third-order valence-corrected chi connectivity index (χ3v) is 4.06. The Balaban J connectivity index is 1.98. The number of hydrogen-bond acceptors (Lipinski definition) is 2. The molecule has 1 aliphatic heterocycles. The summed E-state index contributed by atoms with van der Waals surface area (Å²) in [7, 11) is 0. The van der Waals surface area contributed by atoms with Gasteiger partial charge >= 0.3 is 0 Å². The summed E-state index contributed by atoms with van der Waals surface area (Å²) in [4.78, 5) is 12.1. The first-order chi connectivity index (χ1) is 9.56. The van der Waals surface area contributed by atoms with Crippen LogP contribution in [0.3, 0.4) is 0 Å². The fourth-order valence-corrected chi connectivity index (χ4v) is 2.65. The van der Waals surface area contributed by atoms with E-state index in [1.165, 1.54) is 0 Å². The minimum atomic E-state index is -0.458. The van der Waals surface area contributed by atoms with Gasteiger partial charge in [-0.05, 0) is 42.8 Å². The summed E-state index contributed by atoms with van der Waals surface area (Å²) < 4.78 is 0. The van der Waals surface area contributed by atoms with Gasteiger partial charge in [-0.3, -0.25) is 4.79 Å². The van der Waals surface area contributed by atoms with Crippen molar-refractivity contribution < 1.29 is 4.79 Å². The van der Waals surface area contributed by atoms with Crippen molar-refractivity contribution in [1.82, 2.24) is 0 Å². The van der Waals surface area contributed by atoms with E-state index in [0.29, 0.717) is 10.0 Å². The normalized spacial score (nSPS) is 16.8. The molecule has 5 heteroatoms. The lowest BCUT2D eigenvalue weighted by atomic mass is 10.1. The molecule has 0 bridgehead atoms. The second-order valence-corrected chi connectivity index (χ2v) is 5.55. The molecule has 20 heavy (non-hydrogen) atoms. The topological polar surface area (TPSA) is 41.1 Å². The molecule has 0 radical (unpaired) electrons. The minimum Gasteiger partial charge on any atom is -0.370 e. The number of amides is 1. The zero-order valence-corrected chi connectivity index (χ0v) is 12.2. The van der Waals surface area contributed by atoms with Crippen LogP contribution in [0.1, 0.15) is 17.2 Å². The molecule has 1 aliphatic rings. The highest BCUT2D eigenvalue weighted by molar-refractivity contribution is 6.31. The number of anilines is 2. The predicted molar refractivity (Wildman–Crippen MR) is 82.6 cm³/mol. The molecule has 3 rings (SSSR count). The van der Waals surface area contributed by atoms with E-state index in [2.05, 4.69) is 10.6 Å². The van der Waals surface area contributed by atoms with Crippen molar-refractivity contribution in [1.29, 1.82) is 0 Å². The highest BCUT2D eigenvalue weighted by Crippen LogP contribution is 2.36. The first kappa shape index (κ1) is 13.3. The molecule has 0 saturated carbocycles. The fraction of sp³-hybridized carbons (Fsp3) is 0.133. The van der Waals surface area contributed by atoms with Crippen LogP contribution in [0.15, 0.2) is 36.4 Å². The Hall–Kier alpha value is -1.71. The van der Waals surface area contributed by atoms with E-state index in [4.69, 9.17) is 23.2 Å². The SMILES string of the molecule is Cc1c(Cl)cccc1NC1C(=O)Nc2ccc(Cl)cc21. The zero-order chi connectivity index (χ0) is 14.3. The van der Waals surface area contributed by atoms with Gasteiger partial charge in [-0.2, -0.15) is 0 Å².